The second-order valence-corrected chi connectivity index (χ2v) is 5.61. The van der Waals surface area contributed by atoms with Crippen molar-refractivity contribution >= 4 is 11.7 Å². The maximum atomic E-state index is 12.7. The Morgan fingerprint density at radius 1 is 1.33 bits per heavy atom. The van der Waals surface area contributed by atoms with E-state index in [1.807, 2.05) is 19.1 Å². The molecule has 3 aromatic rings. The second-order valence-electron chi connectivity index (χ2n) is 5.61. The van der Waals surface area contributed by atoms with Crippen LogP contribution in [0, 0.1) is 6.92 Å². The molecule has 0 saturated carbocycles. The lowest BCUT2D eigenvalue weighted by atomic mass is 10.2. The molecule has 0 aliphatic heterocycles. The normalized spacial score (nSPS) is 10.6. The van der Waals surface area contributed by atoms with E-state index in [4.69, 9.17) is 20.0 Å². The topological polar surface area (TPSA) is 136 Å². The van der Waals surface area contributed by atoms with Crippen molar-refractivity contribution in [2.24, 2.45) is 0 Å². The van der Waals surface area contributed by atoms with Gasteiger partial charge in [0.05, 0.1) is 25.1 Å². The summed E-state index contributed by atoms with van der Waals surface area (Å²) in [7, 11) is 0. The molecule has 0 fully saturated rings. The van der Waals surface area contributed by atoms with Gasteiger partial charge in [0.2, 0.25) is 11.7 Å². The third-order valence-electron chi connectivity index (χ3n) is 3.74. The summed E-state index contributed by atoms with van der Waals surface area (Å²) < 4.78 is 10.7. The van der Waals surface area contributed by atoms with E-state index in [2.05, 4.69) is 20.3 Å². The van der Waals surface area contributed by atoms with Crippen LogP contribution in [-0.2, 0) is 6.54 Å². The lowest BCUT2D eigenvalue weighted by molar-refractivity contribution is 0.0944. The van der Waals surface area contributed by atoms with Gasteiger partial charge in [-0.2, -0.15) is 4.98 Å². The van der Waals surface area contributed by atoms with Crippen molar-refractivity contribution in [3.05, 3.63) is 53.5 Å². The van der Waals surface area contributed by atoms with Crippen molar-refractivity contribution < 1.29 is 19.1 Å². The number of aryl methyl sites for hydroxylation is 1. The highest BCUT2D eigenvalue weighted by Gasteiger charge is 2.22. The molecule has 0 spiro atoms. The predicted molar refractivity (Wildman–Crippen MR) is 96.9 cm³/mol. The lowest BCUT2D eigenvalue weighted by Gasteiger charge is -2.13. The van der Waals surface area contributed by atoms with Gasteiger partial charge in [0.15, 0.2) is 5.76 Å². The Kier molecular flexibility index (Phi) is 5.62. The molecule has 9 nitrogen and oxygen atoms in total. The van der Waals surface area contributed by atoms with Crippen LogP contribution in [-0.4, -0.2) is 39.2 Å². The standard InChI is InChI=1S/C18H19N5O4/c1-11-4-2-6-20-12(11)10-21-17(25)14-15(19)22-16(13-5-3-8-26-13)23-18(14)27-9-7-24/h2-6,8,24H,7,9-10H2,1H3,(H,21,25)(H2,19,22,23). The zero-order valence-electron chi connectivity index (χ0n) is 14.7. The van der Waals surface area contributed by atoms with Crippen LogP contribution in [0.5, 0.6) is 5.88 Å². The van der Waals surface area contributed by atoms with E-state index >= 15 is 0 Å². The highest BCUT2D eigenvalue weighted by Crippen LogP contribution is 2.26. The number of ether oxygens (including phenoxy) is 1. The fourth-order valence-corrected chi connectivity index (χ4v) is 2.39. The molecule has 0 saturated heterocycles. The van der Waals surface area contributed by atoms with E-state index in [-0.39, 0.29) is 42.8 Å². The van der Waals surface area contributed by atoms with E-state index in [0.717, 1.165) is 11.3 Å². The van der Waals surface area contributed by atoms with Gasteiger partial charge in [-0.15, -0.1) is 0 Å². The predicted octanol–water partition coefficient (Wildman–Crippen LogP) is 1.32. The molecule has 0 bridgehead atoms. The number of hydrogen-bond acceptors (Lipinski definition) is 8. The van der Waals surface area contributed by atoms with E-state index < -0.39 is 5.91 Å². The molecule has 0 radical (unpaired) electrons. The number of aliphatic hydroxyl groups excluding tert-OH is 1. The summed E-state index contributed by atoms with van der Waals surface area (Å²) in [5, 5.41) is 11.8. The van der Waals surface area contributed by atoms with E-state index in [9.17, 15) is 4.79 Å². The fourth-order valence-electron chi connectivity index (χ4n) is 2.39. The molecule has 27 heavy (non-hydrogen) atoms. The van der Waals surface area contributed by atoms with Crippen molar-refractivity contribution in [2.45, 2.75) is 13.5 Å². The number of pyridine rings is 1. The number of carbonyl (C=O) groups excluding carboxylic acids is 1. The van der Waals surface area contributed by atoms with Gasteiger partial charge in [0.1, 0.15) is 18.0 Å². The number of aromatic nitrogens is 3. The Morgan fingerprint density at radius 3 is 2.89 bits per heavy atom. The number of anilines is 1. The first-order valence-corrected chi connectivity index (χ1v) is 8.24. The molecular formula is C18H19N5O4. The zero-order valence-corrected chi connectivity index (χ0v) is 14.7. The summed E-state index contributed by atoms with van der Waals surface area (Å²) in [6.45, 7) is 1.83. The van der Waals surface area contributed by atoms with Crippen LogP contribution in [0.3, 0.4) is 0 Å². The van der Waals surface area contributed by atoms with E-state index in [1.165, 1.54) is 6.26 Å². The molecule has 3 heterocycles. The summed E-state index contributed by atoms with van der Waals surface area (Å²) >= 11 is 0. The SMILES string of the molecule is Cc1cccnc1CNC(=O)c1c(N)nc(-c2ccco2)nc1OCCO. The second kappa shape index (κ2) is 8.28. The molecule has 0 aromatic carbocycles. The Labute approximate surface area is 155 Å². The lowest BCUT2D eigenvalue weighted by Crippen LogP contribution is -2.26. The number of rotatable bonds is 7. The Morgan fingerprint density at radius 2 is 2.19 bits per heavy atom. The molecule has 0 aliphatic rings. The summed E-state index contributed by atoms with van der Waals surface area (Å²) in [5.74, 6) is -0.0246. The molecular weight excluding hydrogens is 350 g/mol. The molecule has 0 unspecified atom stereocenters. The number of hydrogen-bond donors (Lipinski definition) is 3. The Bertz CT molecular complexity index is 928. The summed E-state index contributed by atoms with van der Waals surface area (Å²) in [6, 6.07) is 7.06. The number of aliphatic hydroxyl groups is 1. The average molecular weight is 369 g/mol. The van der Waals surface area contributed by atoms with E-state index in [0.29, 0.717) is 5.76 Å². The number of nitrogens with one attached hydrogen (secondary N) is 1. The number of furan rings is 1. The number of carbonyl (C=O) groups is 1. The van der Waals surface area contributed by atoms with Crippen molar-refractivity contribution in [2.75, 3.05) is 18.9 Å². The highest BCUT2D eigenvalue weighted by molar-refractivity contribution is 6.00. The van der Waals surface area contributed by atoms with Crippen LogP contribution in [0.4, 0.5) is 5.82 Å². The van der Waals surface area contributed by atoms with Gasteiger partial charge >= 0.3 is 0 Å². The van der Waals surface area contributed by atoms with Crippen molar-refractivity contribution in [1.29, 1.82) is 0 Å². The summed E-state index contributed by atoms with van der Waals surface area (Å²) in [6.07, 6.45) is 3.12. The zero-order chi connectivity index (χ0) is 19.2. The summed E-state index contributed by atoms with van der Waals surface area (Å²) in [5.41, 5.74) is 7.66. The molecule has 9 heteroatoms. The van der Waals surface area contributed by atoms with Crippen LogP contribution in [0.2, 0.25) is 0 Å². The number of nitrogen functional groups attached to an aromatic ring is 1. The molecule has 4 N–H and O–H groups in total. The van der Waals surface area contributed by atoms with E-state index in [1.54, 1.807) is 18.3 Å². The van der Waals surface area contributed by atoms with Crippen molar-refractivity contribution in [1.82, 2.24) is 20.3 Å². The third kappa shape index (κ3) is 4.21. The molecule has 3 rings (SSSR count). The largest absolute Gasteiger partial charge is 0.475 e. The van der Waals surface area contributed by atoms with Crippen LogP contribution in [0.1, 0.15) is 21.6 Å². The van der Waals surface area contributed by atoms with Gasteiger partial charge in [-0.25, -0.2) is 4.98 Å². The van der Waals surface area contributed by atoms with Crippen molar-refractivity contribution in [3.63, 3.8) is 0 Å². The minimum absolute atomic E-state index is 0.00709. The van der Waals surface area contributed by atoms with Gasteiger partial charge in [-0.05, 0) is 30.7 Å². The van der Waals surface area contributed by atoms with Gasteiger partial charge in [-0.3, -0.25) is 9.78 Å². The molecule has 140 valence electrons. The first-order chi connectivity index (χ1) is 13.1. The van der Waals surface area contributed by atoms with Gasteiger partial charge < -0.3 is 25.3 Å². The van der Waals surface area contributed by atoms with Gasteiger partial charge in [-0.1, -0.05) is 6.07 Å². The molecule has 0 atom stereocenters. The number of nitrogens with two attached hydrogens (primary N) is 1. The molecule has 3 aromatic heterocycles. The van der Waals surface area contributed by atoms with Crippen LogP contribution in [0.25, 0.3) is 11.6 Å². The van der Waals surface area contributed by atoms with Crippen molar-refractivity contribution in [3.8, 4) is 17.5 Å². The monoisotopic (exact) mass is 369 g/mol. The number of amides is 1. The maximum absolute atomic E-state index is 12.7. The average Bonchev–Trinajstić information content (AvgIpc) is 3.20. The minimum atomic E-state index is -0.503. The fraction of sp³-hybridized carbons (Fsp3) is 0.222. The van der Waals surface area contributed by atoms with Crippen LogP contribution in [0.15, 0.2) is 41.1 Å². The first kappa shape index (κ1) is 18.3. The number of nitrogens with zero attached hydrogens (tertiary/aromatic N) is 3. The quantitative estimate of drug-likeness (QED) is 0.567. The maximum Gasteiger partial charge on any atom is 0.260 e. The first-order valence-electron chi connectivity index (χ1n) is 8.24. The van der Waals surface area contributed by atoms with Gasteiger partial charge in [0.25, 0.3) is 5.91 Å². The summed E-state index contributed by atoms with van der Waals surface area (Å²) in [4.78, 5) is 25.2. The smallest absolute Gasteiger partial charge is 0.260 e. The van der Waals surface area contributed by atoms with Gasteiger partial charge in [0, 0.05) is 6.20 Å². The third-order valence-corrected chi connectivity index (χ3v) is 3.74. The highest BCUT2D eigenvalue weighted by atomic mass is 16.5. The molecule has 0 aliphatic carbocycles. The minimum Gasteiger partial charge on any atom is -0.475 e. The Hall–Kier alpha value is -3.46. The molecule has 1 amide bonds. The van der Waals surface area contributed by atoms with Crippen LogP contribution >= 0.6 is 0 Å². The Balaban J connectivity index is 1.88. The van der Waals surface area contributed by atoms with Crippen LogP contribution < -0.4 is 15.8 Å².